The number of methoxy groups -OCH3 is 1. The van der Waals surface area contributed by atoms with E-state index in [2.05, 4.69) is 9.88 Å². The number of alkyl halides is 6. The van der Waals surface area contributed by atoms with Gasteiger partial charge in [-0.3, -0.25) is 4.90 Å². The lowest BCUT2D eigenvalue weighted by Gasteiger charge is -2.36. The standard InChI is InChI=1S/C32H24Cl2F6N4O5/c1-47-25-8-7-23-27(28(25)48-29(45)31(35,36)37)26(17-5-6-19(33)20(34)15-17)24(44(23)49-30(46)32(38,39)40)16-42-11-13-43(14-12-42)22-4-2-3-21-18(22)9-10-41-21/h2-10,15,41H,11-14,16H2,1H3. The molecule has 9 nitrogen and oxygen atoms in total. The van der Waals surface area contributed by atoms with Crippen molar-refractivity contribution in [3.05, 3.63) is 76.5 Å². The number of nitrogens with one attached hydrogen (secondary N) is 1. The van der Waals surface area contributed by atoms with Crippen LogP contribution in [0.4, 0.5) is 32.0 Å². The molecule has 0 aliphatic carbocycles. The molecule has 3 heterocycles. The Morgan fingerprint density at radius 3 is 2.24 bits per heavy atom. The number of nitrogens with zero attached hydrogens (tertiary/aromatic N) is 3. The van der Waals surface area contributed by atoms with E-state index in [0.717, 1.165) is 29.8 Å². The van der Waals surface area contributed by atoms with Gasteiger partial charge in [0.05, 0.1) is 33.8 Å². The first kappa shape index (κ1) is 34.3. The number of hydrogen-bond donors (Lipinski definition) is 1. The highest BCUT2D eigenvalue weighted by molar-refractivity contribution is 6.42. The number of benzene rings is 3. The fourth-order valence-electron chi connectivity index (χ4n) is 5.82. The molecule has 0 bridgehead atoms. The number of anilines is 1. The molecule has 0 spiro atoms. The van der Waals surface area contributed by atoms with Gasteiger partial charge in [-0.05, 0) is 48.0 Å². The molecule has 1 aliphatic heterocycles. The topological polar surface area (TPSA) is 89.0 Å². The van der Waals surface area contributed by atoms with E-state index in [1.54, 1.807) is 0 Å². The minimum absolute atomic E-state index is 0.00239. The number of piperazine rings is 1. The Kier molecular flexibility index (Phi) is 9.11. The molecule has 0 amide bonds. The smallest absolute Gasteiger partial charge is 0.493 e. The van der Waals surface area contributed by atoms with Gasteiger partial charge in [-0.2, -0.15) is 31.1 Å². The van der Waals surface area contributed by atoms with E-state index in [1.807, 2.05) is 35.4 Å². The normalized spacial score (nSPS) is 14.4. The number of aromatic nitrogens is 2. The van der Waals surface area contributed by atoms with Gasteiger partial charge in [-0.25, -0.2) is 9.59 Å². The maximum absolute atomic E-state index is 13.6. The highest BCUT2D eigenvalue weighted by Crippen LogP contribution is 2.46. The highest BCUT2D eigenvalue weighted by atomic mass is 35.5. The molecule has 3 aromatic carbocycles. The molecule has 258 valence electrons. The van der Waals surface area contributed by atoms with Crippen LogP contribution in [0.1, 0.15) is 5.69 Å². The average Bonchev–Trinajstić information content (AvgIpc) is 3.65. The largest absolute Gasteiger partial charge is 0.493 e. The summed E-state index contributed by atoms with van der Waals surface area (Å²) in [7, 11) is 1.10. The maximum Gasteiger partial charge on any atom is 0.493 e. The van der Waals surface area contributed by atoms with Crippen LogP contribution in [0.5, 0.6) is 11.5 Å². The first-order chi connectivity index (χ1) is 23.2. The molecule has 0 unspecified atom stereocenters. The van der Waals surface area contributed by atoms with E-state index in [-0.39, 0.29) is 50.1 Å². The molecular weight excluding hydrogens is 705 g/mol. The Labute approximate surface area is 283 Å². The van der Waals surface area contributed by atoms with E-state index in [9.17, 15) is 35.9 Å². The number of esters is 1. The lowest BCUT2D eigenvalue weighted by Crippen LogP contribution is -2.46. The second kappa shape index (κ2) is 13.0. The van der Waals surface area contributed by atoms with Crippen LogP contribution in [-0.4, -0.2) is 72.2 Å². The summed E-state index contributed by atoms with van der Waals surface area (Å²) in [6.07, 6.45) is -9.07. The molecule has 1 saturated heterocycles. The van der Waals surface area contributed by atoms with Crippen LogP contribution >= 0.6 is 23.2 Å². The summed E-state index contributed by atoms with van der Waals surface area (Å²) in [5.74, 6) is -6.34. The third-order valence-electron chi connectivity index (χ3n) is 8.02. The zero-order chi connectivity index (χ0) is 35.2. The summed E-state index contributed by atoms with van der Waals surface area (Å²) in [5.41, 5.74) is 1.64. The van der Waals surface area contributed by atoms with Crippen molar-refractivity contribution in [3.8, 4) is 22.6 Å². The average molecular weight is 729 g/mol. The SMILES string of the molecule is COc1ccc2c(c1OC(=O)C(F)(F)F)c(-c1ccc(Cl)c(Cl)c1)c(CN1CCN(c3cccc4[nH]ccc34)CC1)n2OC(=O)C(F)(F)F. The quantitative estimate of drug-likeness (QED) is 0.106. The molecule has 0 saturated carbocycles. The van der Waals surface area contributed by atoms with Crippen LogP contribution in [-0.2, 0) is 16.1 Å². The van der Waals surface area contributed by atoms with Crippen LogP contribution in [0.25, 0.3) is 32.9 Å². The fraction of sp³-hybridized carbons (Fsp3) is 0.250. The zero-order valence-corrected chi connectivity index (χ0v) is 26.7. The van der Waals surface area contributed by atoms with Gasteiger partial charge in [-0.1, -0.05) is 35.3 Å². The van der Waals surface area contributed by atoms with Gasteiger partial charge in [0, 0.05) is 61.1 Å². The van der Waals surface area contributed by atoms with Gasteiger partial charge in [0.25, 0.3) is 0 Å². The summed E-state index contributed by atoms with van der Waals surface area (Å²) < 4.78 is 91.7. The molecular formula is C32H24Cl2F6N4O5. The Hall–Kier alpha value is -4.60. The van der Waals surface area contributed by atoms with Crippen molar-refractivity contribution in [2.45, 2.75) is 18.9 Å². The molecule has 1 fully saturated rings. The molecule has 0 radical (unpaired) electrons. The van der Waals surface area contributed by atoms with Crippen LogP contribution < -0.4 is 19.2 Å². The predicted molar refractivity (Wildman–Crippen MR) is 169 cm³/mol. The van der Waals surface area contributed by atoms with Crippen molar-refractivity contribution >= 4 is 62.6 Å². The van der Waals surface area contributed by atoms with Gasteiger partial charge >= 0.3 is 24.3 Å². The zero-order valence-electron chi connectivity index (χ0n) is 25.2. The molecule has 2 aromatic heterocycles. The van der Waals surface area contributed by atoms with Crippen LogP contribution in [0, 0.1) is 0 Å². The van der Waals surface area contributed by atoms with Gasteiger partial charge in [0.2, 0.25) is 0 Å². The van der Waals surface area contributed by atoms with E-state index in [1.165, 1.54) is 24.3 Å². The Morgan fingerprint density at radius 2 is 1.59 bits per heavy atom. The summed E-state index contributed by atoms with van der Waals surface area (Å²) in [5, 5.41) is 0.807. The Morgan fingerprint density at radius 1 is 0.878 bits per heavy atom. The third kappa shape index (κ3) is 6.70. The minimum atomic E-state index is -5.45. The minimum Gasteiger partial charge on any atom is -0.493 e. The highest BCUT2D eigenvalue weighted by Gasteiger charge is 2.44. The number of ether oxygens (including phenoxy) is 2. The van der Waals surface area contributed by atoms with E-state index < -0.39 is 30.0 Å². The second-order valence-electron chi connectivity index (χ2n) is 11.0. The van der Waals surface area contributed by atoms with Crippen LogP contribution in [0.15, 0.2) is 60.8 Å². The second-order valence-corrected chi connectivity index (χ2v) is 11.8. The molecule has 49 heavy (non-hydrogen) atoms. The number of carbonyl (C=O) groups is 2. The van der Waals surface area contributed by atoms with Gasteiger partial charge in [0.15, 0.2) is 11.5 Å². The number of hydrogen-bond acceptors (Lipinski definition) is 7. The Bertz CT molecular complexity index is 2070. The molecule has 0 atom stereocenters. The predicted octanol–water partition coefficient (Wildman–Crippen LogP) is 7.41. The van der Waals surface area contributed by atoms with Crippen molar-refractivity contribution in [2.24, 2.45) is 0 Å². The molecule has 17 heteroatoms. The number of fused-ring (bicyclic) bond motifs is 2. The number of carbonyl (C=O) groups excluding carboxylic acids is 2. The number of halogens is 8. The lowest BCUT2D eigenvalue weighted by molar-refractivity contribution is -0.199. The van der Waals surface area contributed by atoms with Crippen molar-refractivity contribution < 1.29 is 50.2 Å². The van der Waals surface area contributed by atoms with Crippen molar-refractivity contribution in [3.63, 3.8) is 0 Å². The molecule has 6 rings (SSSR count). The first-order valence-corrected chi connectivity index (χ1v) is 15.2. The van der Waals surface area contributed by atoms with Gasteiger partial charge in [-0.15, -0.1) is 0 Å². The third-order valence-corrected chi connectivity index (χ3v) is 8.76. The van der Waals surface area contributed by atoms with Crippen molar-refractivity contribution in [1.82, 2.24) is 14.6 Å². The van der Waals surface area contributed by atoms with E-state index in [4.69, 9.17) is 37.5 Å². The van der Waals surface area contributed by atoms with Crippen LogP contribution in [0.2, 0.25) is 10.0 Å². The van der Waals surface area contributed by atoms with Gasteiger partial charge in [0.1, 0.15) is 0 Å². The molecule has 5 aromatic rings. The van der Waals surface area contributed by atoms with Crippen molar-refractivity contribution in [1.29, 1.82) is 0 Å². The van der Waals surface area contributed by atoms with E-state index in [0.29, 0.717) is 30.9 Å². The lowest BCUT2D eigenvalue weighted by atomic mass is 10.00. The molecule has 1 aliphatic rings. The van der Waals surface area contributed by atoms with E-state index >= 15 is 0 Å². The Balaban J connectivity index is 1.51. The first-order valence-electron chi connectivity index (χ1n) is 14.5. The fourth-order valence-corrected chi connectivity index (χ4v) is 6.11. The summed E-state index contributed by atoms with van der Waals surface area (Å²) in [4.78, 5) is 36.5. The molecule has 1 N–H and O–H groups in total. The number of aromatic amines is 1. The maximum atomic E-state index is 13.6. The van der Waals surface area contributed by atoms with Gasteiger partial charge < -0.3 is 24.2 Å². The van der Waals surface area contributed by atoms with Crippen LogP contribution in [0.3, 0.4) is 0 Å². The number of rotatable bonds is 7. The van der Waals surface area contributed by atoms with Crippen molar-refractivity contribution in [2.75, 3.05) is 38.2 Å². The summed E-state index contributed by atoms with van der Waals surface area (Å²) >= 11 is 12.4. The summed E-state index contributed by atoms with van der Waals surface area (Å²) in [6, 6.07) is 14.1. The monoisotopic (exact) mass is 728 g/mol. The summed E-state index contributed by atoms with van der Waals surface area (Å²) in [6.45, 7) is 1.60. The number of H-pyrrole nitrogens is 1.